The summed E-state index contributed by atoms with van der Waals surface area (Å²) in [6.45, 7) is 0.834. The minimum Gasteiger partial charge on any atom is -0.399 e. The number of aliphatic hydroxyl groups is 1. The maximum Gasteiger partial charge on any atom is 0.245 e. The fourth-order valence-corrected chi connectivity index (χ4v) is 6.44. The molecule has 2 rings (SSSR count). The average Bonchev–Trinajstić information content (AvgIpc) is 2.37. The summed E-state index contributed by atoms with van der Waals surface area (Å²) in [5, 5.41) is 9.23. The third-order valence-corrected chi connectivity index (χ3v) is 7.10. The number of rotatable bonds is 3. The molecule has 1 aromatic rings. The smallest absolute Gasteiger partial charge is 0.245 e. The van der Waals surface area contributed by atoms with Gasteiger partial charge in [0, 0.05) is 34.3 Å². The van der Waals surface area contributed by atoms with Gasteiger partial charge in [0.1, 0.15) is 4.90 Å². The Hall–Kier alpha value is -0.150. The lowest BCUT2D eigenvalue weighted by Crippen LogP contribution is -2.41. The summed E-state index contributed by atoms with van der Waals surface area (Å²) in [6.07, 6.45) is 1.61. The molecule has 1 fully saturated rings. The lowest BCUT2D eigenvalue weighted by atomic mass is 10.0. The Morgan fingerprint density at radius 1 is 1.35 bits per heavy atom. The highest BCUT2D eigenvalue weighted by Crippen LogP contribution is 2.35. The van der Waals surface area contributed by atoms with Gasteiger partial charge in [0.15, 0.2) is 0 Å². The quantitative estimate of drug-likeness (QED) is 0.724. The molecule has 0 aromatic heterocycles. The Balaban J connectivity index is 2.40. The van der Waals surface area contributed by atoms with Gasteiger partial charge in [0.2, 0.25) is 10.0 Å². The number of hydrogen-bond acceptors (Lipinski definition) is 4. The molecule has 0 radical (unpaired) electrons. The monoisotopic (exact) mass is 426 g/mol. The molecule has 0 aliphatic carbocycles. The van der Waals surface area contributed by atoms with E-state index >= 15 is 0 Å². The number of sulfonamides is 1. The van der Waals surface area contributed by atoms with Crippen molar-refractivity contribution < 1.29 is 13.5 Å². The zero-order valence-corrected chi connectivity index (χ0v) is 14.7. The molecule has 8 heteroatoms. The van der Waals surface area contributed by atoms with Crippen LogP contribution in [0.25, 0.3) is 0 Å². The molecule has 3 N–H and O–H groups in total. The Morgan fingerprint density at radius 2 is 1.95 bits per heavy atom. The number of hydrogen-bond donors (Lipinski definition) is 2. The SMILES string of the molecule is Nc1cc(Br)c(S(=O)(=O)N2CCCC(CO)C2)c(Br)c1. The molecule has 1 saturated heterocycles. The first-order valence-electron chi connectivity index (χ1n) is 6.21. The second-order valence-electron chi connectivity index (χ2n) is 4.87. The Labute approximate surface area is 135 Å². The summed E-state index contributed by atoms with van der Waals surface area (Å²) in [5.41, 5.74) is 6.17. The van der Waals surface area contributed by atoms with Gasteiger partial charge < -0.3 is 10.8 Å². The Morgan fingerprint density at radius 3 is 2.50 bits per heavy atom. The molecule has 1 unspecified atom stereocenters. The minimum absolute atomic E-state index is 0.00450. The van der Waals surface area contributed by atoms with Crippen molar-refractivity contribution in [2.24, 2.45) is 5.92 Å². The first-order chi connectivity index (χ1) is 9.36. The molecule has 1 aromatic carbocycles. The predicted octanol–water partition coefficient (Wildman–Crippen LogP) is 2.19. The van der Waals surface area contributed by atoms with Crippen molar-refractivity contribution in [3.8, 4) is 0 Å². The van der Waals surface area contributed by atoms with Gasteiger partial charge in [-0.15, -0.1) is 0 Å². The van der Waals surface area contributed by atoms with E-state index < -0.39 is 10.0 Å². The van der Waals surface area contributed by atoms with E-state index in [0.29, 0.717) is 27.7 Å². The van der Waals surface area contributed by atoms with Crippen LogP contribution in [0.2, 0.25) is 0 Å². The lowest BCUT2D eigenvalue weighted by molar-refractivity contribution is 0.165. The average molecular weight is 428 g/mol. The number of nitrogens with zero attached hydrogens (tertiary/aromatic N) is 1. The normalized spacial score (nSPS) is 21.1. The van der Waals surface area contributed by atoms with Gasteiger partial charge in [0.25, 0.3) is 0 Å². The predicted molar refractivity (Wildman–Crippen MR) is 84.8 cm³/mol. The molecule has 0 bridgehead atoms. The second kappa shape index (κ2) is 6.31. The van der Waals surface area contributed by atoms with Crippen LogP contribution >= 0.6 is 31.9 Å². The van der Waals surface area contributed by atoms with Crippen LogP contribution in [0.5, 0.6) is 0 Å². The number of benzene rings is 1. The van der Waals surface area contributed by atoms with Crippen molar-refractivity contribution in [1.82, 2.24) is 4.31 Å². The van der Waals surface area contributed by atoms with Crippen LogP contribution in [-0.4, -0.2) is 37.5 Å². The van der Waals surface area contributed by atoms with Gasteiger partial charge >= 0.3 is 0 Å². The maximum absolute atomic E-state index is 12.7. The van der Waals surface area contributed by atoms with E-state index in [4.69, 9.17) is 5.73 Å². The summed E-state index contributed by atoms with van der Waals surface area (Å²) in [4.78, 5) is 0.185. The molecule has 0 amide bonds. The van der Waals surface area contributed by atoms with Crippen LogP contribution in [0.15, 0.2) is 26.0 Å². The molecular weight excluding hydrogens is 412 g/mol. The summed E-state index contributed by atoms with van der Waals surface area (Å²) in [6, 6.07) is 3.15. The molecule has 1 atom stereocenters. The van der Waals surface area contributed by atoms with Crippen LogP contribution in [-0.2, 0) is 10.0 Å². The first-order valence-corrected chi connectivity index (χ1v) is 9.24. The third-order valence-electron chi connectivity index (χ3n) is 3.36. The number of aliphatic hydroxyl groups excluding tert-OH is 1. The van der Waals surface area contributed by atoms with Crippen LogP contribution in [0, 0.1) is 5.92 Å². The minimum atomic E-state index is -3.61. The highest BCUT2D eigenvalue weighted by molar-refractivity contribution is 9.11. The molecule has 1 aliphatic heterocycles. The highest BCUT2D eigenvalue weighted by Gasteiger charge is 2.32. The highest BCUT2D eigenvalue weighted by atomic mass is 79.9. The van der Waals surface area contributed by atoms with E-state index in [1.54, 1.807) is 12.1 Å². The van der Waals surface area contributed by atoms with Crippen LogP contribution in [0.4, 0.5) is 5.69 Å². The molecule has 1 aliphatic rings. The summed E-state index contributed by atoms with van der Waals surface area (Å²) in [7, 11) is -3.61. The zero-order valence-electron chi connectivity index (χ0n) is 10.7. The van der Waals surface area contributed by atoms with Gasteiger partial charge in [-0.1, -0.05) is 0 Å². The van der Waals surface area contributed by atoms with Crippen molar-refractivity contribution in [1.29, 1.82) is 0 Å². The van der Waals surface area contributed by atoms with E-state index in [-0.39, 0.29) is 17.4 Å². The molecular formula is C12H16Br2N2O3S. The maximum atomic E-state index is 12.7. The largest absolute Gasteiger partial charge is 0.399 e. The van der Waals surface area contributed by atoms with Crippen molar-refractivity contribution in [2.75, 3.05) is 25.4 Å². The fraction of sp³-hybridized carbons (Fsp3) is 0.500. The van der Waals surface area contributed by atoms with Gasteiger partial charge in [-0.2, -0.15) is 4.31 Å². The molecule has 0 spiro atoms. The van der Waals surface area contributed by atoms with E-state index in [1.165, 1.54) is 4.31 Å². The van der Waals surface area contributed by atoms with Crippen LogP contribution in [0.3, 0.4) is 0 Å². The van der Waals surface area contributed by atoms with Crippen molar-refractivity contribution in [3.63, 3.8) is 0 Å². The standard InChI is InChI=1S/C12H16Br2N2O3S/c13-10-4-9(15)5-11(14)12(10)20(18,19)16-3-1-2-8(6-16)7-17/h4-5,8,17H,1-3,6-7,15H2. The number of nitrogens with two attached hydrogens (primary N) is 1. The van der Waals surface area contributed by atoms with E-state index in [1.807, 2.05) is 0 Å². The number of anilines is 1. The molecule has 0 saturated carbocycles. The van der Waals surface area contributed by atoms with Crippen molar-refractivity contribution in [3.05, 3.63) is 21.1 Å². The van der Waals surface area contributed by atoms with Crippen molar-refractivity contribution in [2.45, 2.75) is 17.7 Å². The number of piperidine rings is 1. The molecule has 20 heavy (non-hydrogen) atoms. The van der Waals surface area contributed by atoms with Crippen molar-refractivity contribution >= 4 is 47.6 Å². The summed E-state index contributed by atoms with van der Waals surface area (Å²) >= 11 is 6.53. The third kappa shape index (κ3) is 3.19. The number of nitrogen functional groups attached to an aromatic ring is 1. The summed E-state index contributed by atoms with van der Waals surface area (Å²) < 4.78 is 27.8. The topological polar surface area (TPSA) is 83.6 Å². The van der Waals surface area contributed by atoms with E-state index in [2.05, 4.69) is 31.9 Å². The van der Waals surface area contributed by atoms with Crippen LogP contribution in [0.1, 0.15) is 12.8 Å². The van der Waals surface area contributed by atoms with Gasteiger partial charge in [-0.3, -0.25) is 0 Å². The van der Waals surface area contributed by atoms with Gasteiger partial charge in [-0.25, -0.2) is 8.42 Å². The first kappa shape index (κ1) is 16.2. The van der Waals surface area contributed by atoms with E-state index in [0.717, 1.165) is 12.8 Å². The Kier molecular flexibility index (Phi) is 5.12. The fourth-order valence-electron chi connectivity index (χ4n) is 2.35. The number of halogens is 2. The van der Waals surface area contributed by atoms with Gasteiger partial charge in [0.05, 0.1) is 0 Å². The van der Waals surface area contributed by atoms with Gasteiger partial charge in [-0.05, 0) is 62.8 Å². The molecule has 1 heterocycles. The molecule has 5 nitrogen and oxygen atoms in total. The molecule has 112 valence electrons. The summed E-state index contributed by atoms with van der Waals surface area (Å²) in [5.74, 6) is 0.00450. The zero-order chi connectivity index (χ0) is 14.9. The lowest BCUT2D eigenvalue weighted by Gasteiger charge is -2.31. The van der Waals surface area contributed by atoms with Crippen LogP contribution < -0.4 is 5.73 Å². The van der Waals surface area contributed by atoms with E-state index in [9.17, 15) is 13.5 Å². The Bertz CT molecular complexity index is 584. The second-order valence-corrected chi connectivity index (χ2v) is 8.45.